The number of rotatable bonds is 9. The summed E-state index contributed by atoms with van der Waals surface area (Å²) in [7, 11) is 0. The zero-order valence-corrected chi connectivity index (χ0v) is 18.1. The first-order chi connectivity index (χ1) is 12.7. The monoisotopic (exact) mass is 416 g/mol. The van der Waals surface area contributed by atoms with E-state index in [1.54, 1.807) is 33.8 Å². The van der Waals surface area contributed by atoms with E-state index in [2.05, 4.69) is 10.6 Å². The molecule has 0 bridgehead atoms. The van der Waals surface area contributed by atoms with Gasteiger partial charge in [-0.05, 0) is 40.2 Å². The molecule has 1 aromatic heterocycles. The van der Waals surface area contributed by atoms with Gasteiger partial charge in [-0.3, -0.25) is 4.79 Å². The minimum atomic E-state index is -0.536. The first kappa shape index (κ1) is 23.3. The molecule has 0 radical (unpaired) electrons. The van der Waals surface area contributed by atoms with Crippen molar-refractivity contribution in [3.8, 4) is 0 Å². The summed E-state index contributed by atoms with van der Waals surface area (Å²) < 4.78 is 10.2. The van der Waals surface area contributed by atoms with Crippen LogP contribution in [0.1, 0.15) is 49.9 Å². The highest BCUT2D eigenvalue weighted by atomic mass is 32.2. The van der Waals surface area contributed by atoms with Crippen molar-refractivity contribution in [1.29, 1.82) is 0 Å². The van der Waals surface area contributed by atoms with Crippen LogP contribution < -0.4 is 10.6 Å². The first-order valence-electron chi connectivity index (χ1n) is 8.80. The van der Waals surface area contributed by atoms with Crippen LogP contribution in [0.5, 0.6) is 0 Å². The molecule has 1 aromatic rings. The van der Waals surface area contributed by atoms with Crippen LogP contribution in [0.2, 0.25) is 0 Å². The lowest BCUT2D eigenvalue weighted by molar-refractivity contribution is -0.113. The van der Waals surface area contributed by atoms with Crippen LogP contribution in [-0.4, -0.2) is 48.2 Å². The van der Waals surface area contributed by atoms with Gasteiger partial charge in [0.25, 0.3) is 0 Å². The molecule has 0 aliphatic carbocycles. The number of ether oxygens (including phenoxy) is 2. The fourth-order valence-electron chi connectivity index (χ4n) is 1.94. The highest BCUT2D eigenvalue weighted by molar-refractivity contribution is 7.99. The van der Waals surface area contributed by atoms with Gasteiger partial charge in [0.05, 0.1) is 17.9 Å². The average Bonchev–Trinajstić information content (AvgIpc) is 2.96. The fourth-order valence-corrected chi connectivity index (χ4v) is 3.59. The molecule has 0 saturated heterocycles. The summed E-state index contributed by atoms with van der Waals surface area (Å²) in [4.78, 5) is 36.7. The van der Waals surface area contributed by atoms with Crippen LogP contribution in [0.4, 0.5) is 9.80 Å². The maximum absolute atomic E-state index is 12.1. The number of carbonyl (C=O) groups is 3. The quantitative estimate of drug-likeness (QED) is 0.471. The Labute approximate surface area is 168 Å². The molecule has 2 N–H and O–H groups in total. The number of thiophene rings is 1. The highest BCUT2D eigenvalue weighted by Crippen LogP contribution is 2.29. The molecule has 0 aliphatic heterocycles. The molecule has 27 heavy (non-hydrogen) atoms. The van der Waals surface area contributed by atoms with Crippen molar-refractivity contribution < 1.29 is 23.9 Å². The topological polar surface area (TPSA) is 93.7 Å². The van der Waals surface area contributed by atoms with Gasteiger partial charge in [0, 0.05) is 17.2 Å². The molecule has 1 rings (SSSR count). The lowest BCUT2D eigenvalue weighted by Crippen LogP contribution is -2.33. The third kappa shape index (κ3) is 9.14. The molecule has 9 heteroatoms. The molecular weight excluding hydrogens is 388 g/mol. The lowest BCUT2D eigenvalue weighted by Gasteiger charge is -2.19. The van der Waals surface area contributed by atoms with E-state index in [4.69, 9.17) is 9.47 Å². The zero-order chi connectivity index (χ0) is 20.4. The molecule has 0 aromatic carbocycles. The van der Waals surface area contributed by atoms with E-state index in [0.29, 0.717) is 22.9 Å². The molecule has 0 fully saturated rings. The molecule has 7 nitrogen and oxygen atoms in total. The van der Waals surface area contributed by atoms with E-state index >= 15 is 0 Å². The van der Waals surface area contributed by atoms with E-state index in [0.717, 1.165) is 11.3 Å². The van der Waals surface area contributed by atoms with Gasteiger partial charge in [-0.25, -0.2) is 9.59 Å². The van der Waals surface area contributed by atoms with Gasteiger partial charge in [-0.2, -0.15) is 11.8 Å². The van der Waals surface area contributed by atoms with Crippen molar-refractivity contribution in [1.82, 2.24) is 5.32 Å². The van der Waals surface area contributed by atoms with Gasteiger partial charge in [-0.1, -0.05) is 6.92 Å². The largest absolute Gasteiger partial charge is 0.462 e. The van der Waals surface area contributed by atoms with Crippen LogP contribution >= 0.6 is 23.1 Å². The Morgan fingerprint density at radius 1 is 1.22 bits per heavy atom. The van der Waals surface area contributed by atoms with Gasteiger partial charge < -0.3 is 20.1 Å². The predicted octanol–water partition coefficient (Wildman–Crippen LogP) is 3.68. The third-order valence-corrected chi connectivity index (χ3v) is 5.18. The number of aryl methyl sites for hydroxylation is 1. The standard InChI is InChI=1S/C18H28N2O5S2/c1-6-12-10-13(16(22)24-7-2)15(27-12)20-14(21)11-26-9-8-19-17(23)25-18(3,4)5/h10H,6-9,11H2,1-5H3,(H,19,23)(H,20,21). The summed E-state index contributed by atoms with van der Waals surface area (Å²) in [5.41, 5.74) is -0.144. The Hall–Kier alpha value is -1.74. The highest BCUT2D eigenvalue weighted by Gasteiger charge is 2.19. The maximum Gasteiger partial charge on any atom is 0.407 e. The van der Waals surface area contributed by atoms with E-state index < -0.39 is 17.7 Å². The Kier molecular flexibility index (Phi) is 9.65. The molecule has 0 spiro atoms. The smallest absolute Gasteiger partial charge is 0.407 e. The number of nitrogens with one attached hydrogen (secondary N) is 2. The van der Waals surface area contributed by atoms with Crippen LogP contribution in [0, 0.1) is 0 Å². The fraction of sp³-hybridized carbons (Fsp3) is 0.611. The molecule has 0 atom stereocenters. The van der Waals surface area contributed by atoms with Crippen molar-refractivity contribution >= 4 is 46.1 Å². The minimum absolute atomic E-state index is 0.202. The molecule has 0 unspecified atom stereocenters. The number of alkyl carbamates (subject to hydrolysis) is 1. The molecule has 0 aliphatic rings. The summed E-state index contributed by atoms with van der Waals surface area (Å²) in [5.74, 6) is 0.157. The number of hydrogen-bond donors (Lipinski definition) is 2. The van der Waals surface area contributed by atoms with Gasteiger partial charge in [0.15, 0.2) is 0 Å². The van der Waals surface area contributed by atoms with Crippen molar-refractivity contribution in [2.24, 2.45) is 0 Å². The maximum atomic E-state index is 12.1. The van der Waals surface area contributed by atoms with Gasteiger partial charge in [-0.15, -0.1) is 11.3 Å². The SMILES string of the molecule is CCOC(=O)c1cc(CC)sc1NC(=O)CSCCNC(=O)OC(C)(C)C. The number of anilines is 1. The van der Waals surface area contributed by atoms with Crippen molar-refractivity contribution in [2.45, 2.75) is 46.6 Å². The van der Waals surface area contributed by atoms with E-state index in [-0.39, 0.29) is 18.3 Å². The minimum Gasteiger partial charge on any atom is -0.462 e. The first-order valence-corrected chi connectivity index (χ1v) is 10.8. The lowest BCUT2D eigenvalue weighted by atomic mass is 10.2. The number of hydrogen-bond acceptors (Lipinski definition) is 7. The van der Waals surface area contributed by atoms with Crippen LogP contribution in [0.15, 0.2) is 6.07 Å². The molecular formula is C18H28N2O5S2. The Morgan fingerprint density at radius 3 is 2.52 bits per heavy atom. The summed E-state index contributed by atoms with van der Waals surface area (Å²) in [6.07, 6.45) is 0.301. The Balaban J connectivity index is 2.41. The number of amides is 2. The molecule has 1 heterocycles. The molecule has 0 saturated carbocycles. The van der Waals surface area contributed by atoms with Gasteiger partial charge >= 0.3 is 12.1 Å². The van der Waals surface area contributed by atoms with E-state index in [1.165, 1.54) is 23.1 Å². The van der Waals surface area contributed by atoms with Crippen molar-refractivity contribution in [3.05, 3.63) is 16.5 Å². The van der Waals surface area contributed by atoms with Gasteiger partial charge in [0.2, 0.25) is 5.91 Å². The zero-order valence-electron chi connectivity index (χ0n) is 16.5. The van der Waals surface area contributed by atoms with Crippen molar-refractivity contribution in [3.63, 3.8) is 0 Å². The van der Waals surface area contributed by atoms with E-state index in [1.807, 2.05) is 6.92 Å². The van der Waals surface area contributed by atoms with Crippen molar-refractivity contribution in [2.75, 3.05) is 30.0 Å². The Morgan fingerprint density at radius 2 is 1.93 bits per heavy atom. The average molecular weight is 417 g/mol. The summed E-state index contributed by atoms with van der Waals surface area (Å²) in [6.45, 7) is 9.80. The predicted molar refractivity (Wildman–Crippen MR) is 110 cm³/mol. The third-order valence-electron chi connectivity index (χ3n) is 3.03. The number of carbonyl (C=O) groups excluding carboxylic acids is 3. The second-order valence-electron chi connectivity index (χ2n) is 6.56. The Bertz CT molecular complexity index is 653. The number of thioether (sulfide) groups is 1. The molecule has 2 amide bonds. The van der Waals surface area contributed by atoms with E-state index in [9.17, 15) is 14.4 Å². The second kappa shape index (κ2) is 11.2. The normalized spacial score (nSPS) is 11.0. The van der Waals surface area contributed by atoms with Crippen LogP contribution in [0.25, 0.3) is 0 Å². The molecule has 152 valence electrons. The summed E-state index contributed by atoms with van der Waals surface area (Å²) >= 11 is 2.76. The van der Waals surface area contributed by atoms with Gasteiger partial charge in [0.1, 0.15) is 10.6 Å². The van der Waals surface area contributed by atoms with Crippen LogP contribution in [-0.2, 0) is 20.7 Å². The summed E-state index contributed by atoms with van der Waals surface area (Å²) in [5, 5.41) is 5.94. The van der Waals surface area contributed by atoms with Crippen LogP contribution in [0.3, 0.4) is 0 Å². The second-order valence-corrected chi connectivity index (χ2v) is 8.80. The number of esters is 1. The summed E-state index contributed by atoms with van der Waals surface area (Å²) in [6, 6.07) is 1.76.